The van der Waals surface area contributed by atoms with Gasteiger partial charge in [-0.05, 0) is 37.5 Å². The smallest absolute Gasteiger partial charge is 0.311 e. The fourth-order valence-corrected chi connectivity index (χ4v) is 3.66. The molecule has 25 heavy (non-hydrogen) atoms. The van der Waals surface area contributed by atoms with E-state index in [2.05, 4.69) is 0 Å². The number of primary sulfonamides is 1. The van der Waals surface area contributed by atoms with Gasteiger partial charge in [0.25, 0.3) is 5.91 Å². The van der Waals surface area contributed by atoms with Crippen LogP contribution in [0.25, 0.3) is 0 Å². The van der Waals surface area contributed by atoms with Gasteiger partial charge in [-0.2, -0.15) is 0 Å². The maximum Gasteiger partial charge on any atom is 0.311 e. The first-order valence-electron chi connectivity index (χ1n) is 7.88. The summed E-state index contributed by atoms with van der Waals surface area (Å²) < 4.78 is 28.3. The lowest BCUT2D eigenvalue weighted by Crippen LogP contribution is -2.49. The summed E-state index contributed by atoms with van der Waals surface area (Å²) in [5.41, 5.74) is -0.940. The topological polar surface area (TPSA) is 127 Å². The van der Waals surface area contributed by atoms with E-state index in [0.29, 0.717) is 25.8 Å². The van der Waals surface area contributed by atoms with Crippen LogP contribution in [0.3, 0.4) is 0 Å². The lowest BCUT2D eigenvalue weighted by atomic mass is 9.77. The monoisotopic (exact) mass is 370 g/mol. The number of rotatable bonds is 5. The molecule has 2 rings (SSSR count). The fourth-order valence-electron chi connectivity index (χ4n) is 3.12. The molecule has 3 N–H and O–H groups in total. The van der Waals surface area contributed by atoms with Gasteiger partial charge in [0.15, 0.2) is 0 Å². The van der Waals surface area contributed by atoms with Gasteiger partial charge in [-0.3, -0.25) is 9.59 Å². The number of carbonyl (C=O) groups is 2. The Bertz CT molecular complexity index is 792. The molecule has 1 aliphatic rings. The number of methoxy groups -OCH3 is 1. The second-order valence-corrected chi connectivity index (χ2v) is 7.74. The minimum absolute atomic E-state index is 0.0475. The van der Waals surface area contributed by atoms with Gasteiger partial charge in [0.1, 0.15) is 5.75 Å². The quantitative estimate of drug-likeness (QED) is 0.798. The van der Waals surface area contributed by atoms with Crippen molar-refractivity contribution in [3.8, 4) is 5.75 Å². The van der Waals surface area contributed by atoms with Gasteiger partial charge >= 0.3 is 5.97 Å². The predicted molar refractivity (Wildman–Crippen MR) is 89.9 cm³/mol. The third-order valence-corrected chi connectivity index (χ3v) is 5.64. The molecular weight excluding hydrogens is 348 g/mol. The van der Waals surface area contributed by atoms with Gasteiger partial charge in [0, 0.05) is 13.1 Å². The number of hydrogen-bond donors (Lipinski definition) is 2. The maximum absolute atomic E-state index is 12.9. The first kappa shape index (κ1) is 19.2. The van der Waals surface area contributed by atoms with Crippen LogP contribution in [0.4, 0.5) is 0 Å². The molecule has 1 atom stereocenters. The van der Waals surface area contributed by atoms with E-state index >= 15 is 0 Å². The normalized spacial score (nSPS) is 21.0. The Hall–Kier alpha value is -2.13. The van der Waals surface area contributed by atoms with Crippen LogP contribution in [-0.2, 0) is 14.8 Å². The Morgan fingerprint density at radius 1 is 1.40 bits per heavy atom. The number of amides is 1. The highest BCUT2D eigenvalue weighted by atomic mass is 32.2. The van der Waals surface area contributed by atoms with E-state index in [9.17, 15) is 23.1 Å². The van der Waals surface area contributed by atoms with Crippen molar-refractivity contribution in [3.05, 3.63) is 23.8 Å². The summed E-state index contributed by atoms with van der Waals surface area (Å²) in [7, 11) is -2.61. The molecule has 0 spiro atoms. The Labute approximate surface area is 146 Å². The SMILES string of the molecule is CC[C@@]1(C(=O)O)CCCN(C(=O)c2cc(S(N)(=O)=O)ccc2OC)C1. The molecule has 1 fully saturated rings. The number of carboxylic acid groups (broad SMARTS) is 1. The van der Waals surface area contributed by atoms with Gasteiger partial charge in [-0.15, -0.1) is 0 Å². The number of ether oxygens (including phenoxy) is 1. The van der Waals surface area contributed by atoms with Gasteiger partial charge in [0.2, 0.25) is 10.0 Å². The molecule has 1 aliphatic heterocycles. The van der Waals surface area contributed by atoms with Crippen molar-refractivity contribution in [2.75, 3.05) is 20.2 Å². The number of piperidine rings is 1. The first-order valence-corrected chi connectivity index (χ1v) is 9.43. The molecule has 0 saturated carbocycles. The third kappa shape index (κ3) is 3.77. The van der Waals surface area contributed by atoms with E-state index in [1.165, 1.54) is 30.2 Å². The Morgan fingerprint density at radius 2 is 2.08 bits per heavy atom. The Morgan fingerprint density at radius 3 is 2.60 bits per heavy atom. The largest absolute Gasteiger partial charge is 0.496 e. The van der Waals surface area contributed by atoms with Crippen LogP contribution >= 0.6 is 0 Å². The lowest BCUT2D eigenvalue weighted by molar-refractivity contribution is -0.152. The number of carbonyl (C=O) groups excluding carboxylic acids is 1. The fraction of sp³-hybridized carbons (Fsp3) is 0.500. The van der Waals surface area contributed by atoms with Crippen molar-refractivity contribution in [2.24, 2.45) is 10.6 Å². The third-order valence-electron chi connectivity index (χ3n) is 4.72. The van der Waals surface area contributed by atoms with Crippen LogP contribution in [0.2, 0.25) is 0 Å². The molecule has 1 aromatic rings. The van der Waals surface area contributed by atoms with E-state index in [4.69, 9.17) is 9.88 Å². The van der Waals surface area contributed by atoms with E-state index < -0.39 is 27.3 Å². The Balaban J connectivity index is 2.41. The van der Waals surface area contributed by atoms with Crippen LogP contribution < -0.4 is 9.88 Å². The zero-order chi connectivity index (χ0) is 18.8. The van der Waals surface area contributed by atoms with E-state index in [1.807, 2.05) is 0 Å². The number of sulfonamides is 1. The molecule has 0 aromatic heterocycles. The minimum Gasteiger partial charge on any atom is -0.496 e. The molecule has 0 bridgehead atoms. The molecule has 0 radical (unpaired) electrons. The molecule has 138 valence electrons. The highest BCUT2D eigenvalue weighted by Crippen LogP contribution is 2.35. The number of benzene rings is 1. The summed E-state index contributed by atoms with van der Waals surface area (Å²) in [6.45, 7) is 2.25. The zero-order valence-electron chi connectivity index (χ0n) is 14.2. The summed E-state index contributed by atoms with van der Waals surface area (Å²) >= 11 is 0. The van der Waals surface area contributed by atoms with Crippen molar-refractivity contribution < 1.29 is 27.9 Å². The number of nitrogens with zero attached hydrogens (tertiary/aromatic N) is 1. The molecule has 0 aliphatic carbocycles. The zero-order valence-corrected chi connectivity index (χ0v) is 15.0. The predicted octanol–water partition coefficient (Wildman–Crippen LogP) is 1.06. The van der Waals surface area contributed by atoms with Crippen LogP contribution in [0.1, 0.15) is 36.5 Å². The van der Waals surface area contributed by atoms with Crippen LogP contribution in [-0.4, -0.2) is 50.5 Å². The molecule has 0 unspecified atom stereocenters. The average molecular weight is 370 g/mol. The van der Waals surface area contributed by atoms with E-state index in [-0.39, 0.29) is 22.8 Å². The molecule has 8 nitrogen and oxygen atoms in total. The molecule has 9 heteroatoms. The van der Waals surface area contributed by atoms with Crippen molar-refractivity contribution in [3.63, 3.8) is 0 Å². The maximum atomic E-state index is 12.9. The van der Waals surface area contributed by atoms with Crippen molar-refractivity contribution in [2.45, 2.75) is 31.1 Å². The van der Waals surface area contributed by atoms with Crippen LogP contribution in [0, 0.1) is 5.41 Å². The van der Waals surface area contributed by atoms with E-state index in [0.717, 1.165) is 0 Å². The Kier molecular flexibility index (Phi) is 5.38. The minimum atomic E-state index is -3.98. The lowest BCUT2D eigenvalue weighted by Gasteiger charge is -2.39. The highest BCUT2D eigenvalue weighted by Gasteiger charge is 2.42. The first-order chi connectivity index (χ1) is 11.6. The highest BCUT2D eigenvalue weighted by molar-refractivity contribution is 7.89. The van der Waals surface area contributed by atoms with Crippen LogP contribution in [0.15, 0.2) is 23.1 Å². The number of hydrogen-bond acceptors (Lipinski definition) is 5. The van der Waals surface area contributed by atoms with Crippen molar-refractivity contribution in [1.29, 1.82) is 0 Å². The standard InChI is InChI=1S/C16H22N2O6S/c1-3-16(15(20)21)7-4-8-18(10-16)14(19)12-9-11(25(17,22)23)5-6-13(12)24-2/h5-6,9H,3-4,7-8,10H2,1-2H3,(H,20,21)(H2,17,22,23)/t16-/m1/s1. The van der Waals surface area contributed by atoms with Gasteiger partial charge in [0.05, 0.1) is 23.0 Å². The van der Waals surface area contributed by atoms with Gasteiger partial charge < -0.3 is 14.7 Å². The summed E-state index contributed by atoms with van der Waals surface area (Å²) in [5, 5.41) is 14.7. The molecular formula is C16H22N2O6S. The number of aliphatic carboxylic acids is 1. The van der Waals surface area contributed by atoms with E-state index in [1.54, 1.807) is 6.92 Å². The van der Waals surface area contributed by atoms with Crippen molar-refractivity contribution >= 4 is 21.9 Å². The number of likely N-dealkylation sites (tertiary alicyclic amines) is 1. The summed E-state index contributed by atoms with van der Waals surface area (Å²) in [6, 6.07) is 3.79. The van der Waals surface area contributed by atoms with Gasteiger partial charge in [-0.1, -0.05) is 6.92 Å². The number of carboxylic acids is 1. The van der Waals surface area contributed by atoms with Crippen molar-refractivity contribution in [1.82, 2.24) is 4.90 Å². The molecule has 1 amide bonds. The second kappa shape index (κ2) is 7.01. The summed E-state index contributed by atoms with van der Waals surface area (Å²) in [6.07, 6.45) is 1.46. The molecule has 1 aromatic carbocycles. The van der Waals surface area contributed by atoms with Gasteiger partial charge in [-0.25, -0.2) is 13.6 Å². The average Bonchev–Trinajstić information content (AvgIpc) is 2.59. The molecule has 1 saturated heterocycles. The molecule has 1 heterocycles. The summed E-state index contributed by atoms with van der Waals surface area (Å²) in [5.74, 6) is -1.20. The van der Waals surface area contributed by atoms with Crippen LogP contribution in [0.5, 0.6) is 5.75 Å². The number of nitrogens with two attached hydrogens (primary N) is 1. The second-order valence-electron chi connectivity index (χ2n) is 6.18. The summed E-state index contributed by atoms with van der Waals surface area (Å²) in [4.78, 5) is 25.8.